The van der Waals surface area contributed by atoms with Crippen molar-refractivity contribution in [1.82, 2.24) is 9.97 Å². The number of alkyl halides is 3. The number of halogens is 4. The van der Waals surface area contributed by atoms with E-state index >= 15 is 0 Å². The summed E-state index contributed by atoms with van der Waals surface area (Å²) in [6.45, 7) is 0.477. The van der Waals surface area contributed by atoms with Crippen molar-refractivity contribution >= 4 is 17.4 Å². The van der Waals surface area contributed by atoms with Crippen LogP contribution < -0.4 is 5.32 Å². The predicted octanol–water partition coefficient (Wildman–Crippen LogP) is 7.09. The molecule has 0 spiro atoms. The quantitative estimate of drug-likeness (QED) is 0.360. The van der Waals surface area contributed by atoms with Crippen LogP contribution in [0.3, 0.4) is 0 Å². The number of hydrogen-bond acceptors (Lipinski definition) is 3. The lowest BCUT2D eigenvalue weighted by atomic mass is 10.1. The van der Waals surface area contributed by atoms with Crippen molar-refractivity contribution in [3.63, 3.8) is 0 Å². The number of nitrogens with one attached hydrogen (secondary N) is 1. The Morgan fingerprint density at radius 1 is 0.774 bits per heavy atom. The summed E-state index contributed by atoms with van der Waals surface area (Å²) in [5.74, 6) is 0.935. The van der Waals surface area contributed by atoms with Crippen LogP contribution in [0.1, 0.15) is 11.1 Å². The van der Waals surface area contributed by atoms with Gasteiger partial charge in [0.2, 0.25) is 0 Å². The predicted molar refractivity (Wildman–Crippen MR) is 117 cm³/mol. The van der Waals surface area contributed by atoms with E-state index in [4.69, 9.17) is 11.6 Å². The smallest absolute Gasteiger partial charge is 0.366 e. The highest BCUT2D eigenvalue weighted by atomic mass is 35.5. The normalized spacial score (nSPS) is 11.4. The van der Waals surface area contributed by atoms with Crippen LogP contribution in [-0.2, 0) is 12.7 Å². The summed E-state index contributed by atoms with van der Waals surface area (Å²) in [5.41, 5.74) is 1.80. The molecule has 0 aliphatic carbocycles. The van der Waals surface area contributed by atoms with Crippen LogP contribution in [0.4, 0.5) is 19.0 Å². The van der Waals surface area contributed by atoms with E-state index in [9.17, 15) is 13.2 Å². The molecule has 0 fully saturated rings. The second-order valence-electron chi connectivity index (χ2n) is 6.89. The van der Waals surface area contributed by atoms with Crippen molar-refractivity contribution < 1.29 is 13.2 Å². The van der Waals surface area contributed by atoms with E-state index in [0.717, 1.165) is 23.3 Å². The minimum Gasteiger partial charge on any atom is -0.366 e. The molecule has 1 heterocycles. The van der Waals surface area contributed by atoms with Crippen molar-refractivity contribution in [3.05, 3.63) is 101 Å². The van der Waals surface area contributed by atoms with Crippen LogP contribution in [0.5, 0.6) is 0 Å². The Labute approximate surface area is 182 Å². The summed E-state index contributed by atoms with van der Waals surface area (Å²) in [6, 6.07) is 23.4. The molecule has 1 N–H and O–H groups in total. The van der Waals surface area contributed by atoms with Gasteiger partial charge in [-0.15, -0.1) is 0 Å². The van der Waals surface area contributed by atoms with Gasteiger partial charge in [0.1, 0.15) is 5.82 Å². The summed E-state index contributed by atoms with van der Waals surface area (Å²) in [5, 5.41) is 3.87. The van der Waals surface area contributed by atoms with Gasteiger partial charge in [-0.3, -0.25) is 0 Å². The van der Waals surface area contributed by atoms with E-state index in [1.807, 2.05) is 42.5 Å². The Morgan fingerprint density at radius 3 is 2.19 bits per heavy atom. The van der Waals surface area contributed by atoms with Gasteiger partial charge in [-0.05, 0) is 29.8 Å². The minimum absolute atomic E-state index is 0.365. The van der Waals surface area contributed by atoms with Gasteiger partial charge in [0, 0.05) is 28.8 Å². The molecule has 31 heavy (non-hydrogen) atoms. The molecule has 4 aromatic rings. The molecular formula is C24H17ClF3N3. The zero-order valence-corrected chi connectivity index (χ0v) is 17.0. The largest absolute Gasteiger partial charge is 0.416 e. The van der Waals surface area contributed by atoms with Gasteiger partial charge in [0.15, 0.2) is 5.82 Å². The molecule has 0 saturated heterocycles. The molecule has 0 unspecified atom stereocenters. The van der Waals surface area contributed by atoms with E-state index < -0.39 is 11.7 Å². The molecule has 156 valence electrons. The fourth-order valence-corrected chi connectivity index (χ4v) is 3.18. The maximum Gasteiger partial charge on any atom is 0.416 e. The number of nitrogens with zero attached hydrogens (tertiary/aromatic N) is 2. The van der Waals surface area contributed by atoms with E-state index in [-0.39, 0.29) is 0 Å². The van der Waals surface area contributed by atoms with E-state index in [1.165, 1.54) is 6.07 Å². The molecule has 0 aliphatic rings. The van der Waals surface area contributed by atoms with Crippen molar-refractivity contribution in [1.29, 1.82) is 0 Å². The van der Waals surface area contributed by atoms with Crippen molar-refractivity contribution in [2.24, 2.45) is 0 Å². The topological polar surface area (TPSA) is 37.8 Å². The van der Waals surface area contributed by atoms with Crippen molar-refractivity contribution in [2.45, 2.75) is 12.7 Å². The number of aromatic nitrogens is 2. The Balaban J connectivity index is 1.72. The molecule has 0 amide bonds. The average molecular weight is 440 g/mol. The van der Waals surface area contributed by atoms with Crippen LogP contribution in [0, 0.1) is 0 Å². The van der Waals surface area contributed by atoms with Gasteiger partial charge in [0.05, 0.1) is 11.3 Å². The van der Waals surface area contributed by atoms with Gasteiger partial charge in [-0.1, -0.05) is 66.2 Å². The van der Waals surface area contributed by atoms with Gasteiger partial charge in [-0.25, -0.2) is 9.97 Å². The molecule has 0 aliphatic heterocycles. The zero-order valence-electron chi connectivity index (χ0n) is 16.2. The number of anilines is 1. The number of benzene rings is 3. The highest BCUT2D eigenvalue weighted by Gasteiger charge is 2.30. The van der Waals surface area contributed by atoms with Gasteiger partial charge in [0.25, 0.3) is 0 Å². The molecule has 0 radical (unpaired) electrons. The molecule has 4 rings (SSSR count). The molecule has 1 aromatic heterocycles. The van der Waals surface area contributed by atoms with Crippen LogP contribution in [0.25, 0.3) is 22.6 Å². The molecule has 3 aromatic carbocycles. The first-order valence-corrected chi connectivity index (χ1v) is 9.87. The molecule has 0 bridgehead atoms. The average Bonchev–Trinajstić information content (AvgIpc) is 2.79. The second-order valence-corrected chi connectivity index (χ2v) is 7.32. The summed E-state index contributed by atoms with van der Waals surface area (Å²) in [4.78, 5) is 9.09. The lowest BCUT2D eigenvalue weighted by molar-refractivity contribution is -0.137. The van der Waals surface area contributed by atoms with Crippen LogP contribution in [0.15, 0.2) is 84.9 Å². The van der Waals surface area contributed by atoms with E-state index in [2.05, 4.69) is 15.3 Å². The number of rotatable bonds is 5. The van der Waals surface area contributed by atoms with E-state index in [1.54, 1.807) is 24.3 Å². The molecule has 0 saturated carbocycles. The minimum atomic E-state index is -4.43. The third-order valence-corrected chi connectivity index (χ3v) is 4.88. The third-order valence-electron chi connectivity index (χ3n) is 4.63. The fraction of sp³-hybridized carbons (Fsp3) is 0.0833. The van der Waals surface area contributed by atoms with Crippen LogP contribution >= 0.6 is 11.6 Å². The Morgan fingerprint density at radius 2 is 1.48 bits per heavy atom. The highest BCUT2D eigenvalue weighted by Crippen LogP contribution is 2.32. The summed E-state index contributed by atoms with van der Waals surface area (Å²) < 4.78 is 39.6. The Bertz CT molecular complexity index is 1180. The molecule has 3 nitrogen and oxygen atoms in total. The standard InChI is InChI=1S/C24H17ClF3N3/c25-20-11-9-16(10-12-20)15-29-22-14-21(18-7-4-8-19(13-18)24(26,27)28)30-23(31-22)17-5-2-1-3-6-17/h1-14H,15H2,(H,29,30,31). The first-order valence-electron chi connectivity index (χ1n) is 9.49. The first kappa shape index (κ1) is 20.9. The summed E-state index contributed by atoms with van der Waals surface area (Å²) in [7, 11) is 0. The molecule has 0 atom stereocenters. The van der Waals surface area contributed by atoms with Crippen molar-refractivity contribution in [3.8, 4) is 22.6 Å². The Kier molecular flexibility index (Phi) is 5.91. The van der Waals surface area contributed by atoms with Crippen LogP contribution in [0.2, 0.25) is 5.02 Å². The Hall–Kier alpha value is -3.38. The zero-order chi connectivity index (χ0) is 21.8. The van der Waals surface area contributed by atoms with Gasteiger partial charge in [-0.2, -0.15) is 13.2 Å². The molecular weight excluding hydrogens is 423 g/mol. The highest BCUT2D eigenvalue weighted by molar-refractivity contribution is 6.30. The monoisotopic (exact) mass is 439 g/mol. The van der Waals surface area contributed by atoms with E-state index in [0.29, 0.717) is 34.5 Å². The van der Waals surface area contributed by atoms with Gasteiger partial charge >= 0.3 is 6.18 Å². The number of hydrogen-bond donors (Lipinski definition) is 1. The SMILES string of the molecule is FC(F)(F)c1cccc(-c2cc(NCc3ccc(Cl)cc3)nc(-c3ccccc3)n2)c1. The van der Waals surface area contributed by atoms with Crippen LogP contribution in [-0.4, -0.2) is 9.97 Å². The maximum atomic E-state index is 13.2. The van der Waals surface area contributed by atoms with Crippen molar-refractivity contribution in [2.75, 3.05) is 5.32 Å². The summed E-state index contributed by atoms with van der Waals surface area (Å²) >= 11 is 5.93. The third kappa shape index (κ3) is 5.22. The fourth-order valence-electron chi connectivity index (χ4n) is 3.05. The first-order chi connectivity index (χ1) is 14.9. The summed E-state index contributed by atoms with van der Waals surface area (Å²) in [6.07, 6.45) is -4.43. The lowest BCUT2D eigenvalue weighted by Crippen LogP contribution is -2.06. The van der Waals surface area contributed by atoms with Gasteiger partial charge < -0.3 is 5.32 Å². The lowest BCUT2D eigenvalue weighted by Gasteiger charge is -2.12. The second kappa shape index (κ2) is 8.78. The maximum absolute atomic E-state index is 13.2. The molecule has 7 heteroatoms.